The topological polar surface area (TPSA) is 103 Å². The van der Waals surface area contributed by atoms with Crippen molar-refractivity contribution in [3.8, 4) is 0 Å². The molecule has 0 bridgehead atoms. The number of hydrogen-bond acceptors (Lipinski definition) is 6. The van der Waals surface area contributed by atoms with Crippen molar-refractivity contribution in [3.05, 3.63) is 68.4 Å². The summed E-state index contributed by atoms with van der Waals surface area (Å²) in [5.74, 6) is -1.08. The Kier molecular flexibility index (Phi) is 6.28. The highest BCUT2D eigenvalue weighted by atomic mass is 19.1. The van der Waals surface area contributed by atoms with E-state index in [2.05, 4.69) is 27.1 Å². The third-order valence-corrected chi connectivity index (χ3v) is 6.30. The molecule has 4 rings (SSSR count). The van der Waals surface area contributed by atoms with Crippen LogP contribution in [0, 0.1) is 5.95 Å². The minimum absolute atomic E-state index is 0.0473. The predicted molar refractivity (Wildman–Crippen MR) is 124 cm³/mol. The molecule has 1 unspecified atom stereocenters. The number of aromatic amines is 1. The lowest BCUT2D eigenvalue weighted by Crippen LogP contribution is -2.47. The Morgan fingerprint density at radius 3 is 2.55 bits per heavy atom. The molecule has 1 saturated heterocycles. The van der Waals surface area contributed by atoms with Crippen molar-refractivity contribution in [1.82, 2.24) is 24.8 Å². The predicted octanol–water partition coefficient (Wildman–Crippen LogP) is 1.49. The van der Waals surface area contributed by atoms with Gasteiger partial charge in [0.1, 0.15) is 5.69 Å². The summed E-state index contributed by atoms with van der Waals surface area (Å²) >= 11 is 0. The number of pyridine rings is 1. The van der Waals surface area contributed by atoms with Gasteiger partial charge in [0.15, 0.2) is 0 Å². The first-order valence-corrected chi connectivity index (χ1v) is 11.0. The zero-order valence-corrected chi connectivity index (χ0v) is 18.9. The van der Waals surface area contributed by atoms with E-state index in [1.807, 2.05) is 17.0 Å². The molecule has 3 aromatic rings. The van der Waals surface area contributed by atoms with Crippen molar-refractivity contribution in [2.24, 2.45) is 0 Å². The molecule has 1 atom stereocenters. The van der Waals surface area contributed by atoms with E-state index in [0.29, 0.717) is 49.3 Å². The van der Waals surface area contributed by atoms with Crippen LogP contribution in [-0.4, -0.2) is 58.6 Å². The number of carbonyl (C=O) groups is 1. The van der Waals surface area contributed by atoms with Gasteiger partial charge in [-0.25, -0.2) is 9.78 Å². The highest BCUT2D eigenvalue weighted by Gasteiger charge is 2.25. The summed E-state index contributed by atoms with van der Waals surface area (Å²) < 4.78 is 15.7. The number of fused-ring (bicyclic) bond motifs is 1. The summed E-state index contributed by atoms with van der Waals surface area (Å²) in [6.07, 6.45) is 0. The Morgan fingerprint density at radius 1 is 1.18 bits per heavy atom. The van der Waals surface area contributed by atoms with Crippen molar-refractivity contribution >= 4 is 22.5 Å². The summed E-state index contributed by atoms with van der Waals surface area (Å²) in [6, 6.07) is 8.70. The standard InChI is InChI=1S/C23H27FN6O3/c1-4-30-22(32)16-6-5-15(13-18(16)27-23(30)33)14(2)28-9-11-29(12-10-28)19-8-7-17(21(31)25-3)26-20(19)24/h5-8,13-14H,4,9-12H2,1-3H3,(H,25,31)(H,27,33). The Bertz CT molecular complexity index is 1310. The number of benzene rings is 1. The van der Waals surface area contributed by atoms with Crippen LogP contribution in [0.4, 0.5) is 10.1 Å². The minimum atomic E-state index is -0.659. The van der Waals surface area contributed by atoms with Crippen molar-refractivity contribution in [1.29, 1.82) is 0 Å². The molecule has 9 nitrogen and oxygen atoms in total. The molecule has 2 aromatic heterocycles. The van der Waals surface area contributed by atoms with Crippen LogP contribution in [0.15, 0.2) is 39.9 Å². The van der Waals surface area contributed by atoms with Crippen molar-refractivity contribution < 1.29 is 9.18 Å². The second kappa shape index (κ2) is 9.14. The van der Waals surface area contributed by atoms with Crippen molar-refractivity contribution in [2.45, 2.75) is 26.4 Å². The number of nitrogens with zero attached hydrogens (tertiary/aromatic N) is 4. The number of aromatic nitrogens is 3. The SMILES string of the molecule is CCn1c(=O)[nH]c2cc(C(C)N3CCN(c4ccc(C(=O)NC)nc4F)CC3)ccc2c1=O. The highest BCUT2D eigenvalue weighted by Crippen LogP contribution is 2.26. The van der Waals surface area contributed by atoms with Gasteiger partial charge in [-0.3, -0.25) is 19.1 Å². The van der Waals surface area contributed by atoms with Gasteiger partial charge in [-0.2, -0.15) is 4.39 Å². The van der Waals surface area contributed by atoms with E-state index in [4.69, 9.17) is 0 Å². The van der Waals surface area contributed by atoms with Crippen molar-refractivity contribution in [3.63, 3.8) is 0 Å². The maximum Gasteiger partial charge on any atom is 0.328 e. The molecule has 174 valence electrons. The van der Waals surface area contributed by atoms with Gasteiger partial charge in [0.05, 0.1) is 16.6 Å². The van der Waals surface area contributed by atoms with Crippen LogP contribution in [0.2, 0.25) is 0 Å². The lowest BCUT2D eigenvalue weighted by atomic mass is 10.0. The molecule has 3 heterocycles. The molecule has 1 aliphatic heterocycles. The monoisotopic (exact) mass is 454 g/mol. The lowest BCUT2D eigenvalue weighted by molar-refractivity contribution is 0.0957. The minimum Gasteiger partial charge on any atom is -0.365 e. The second-order valence-electron chi connectivity index (χ2n) is 8.07. The first-order chi connectivity index (χ1) is 15.8. The number of carbonyl (C=O) groups excluding carboxylic acids is 1. The fourth-order valence-corrected chi connectivity index (χ4v) is 4.30. The highest BCUT2D eigenvalue weighted by molar-refractivity contribution is 5.92. The maximum atomic E-state index is 14.5. The summed E-state index contributed by atoms with van der Waals surface area (Å²) in [7, 11) is 1.48. The summed E-state index contributed by atoms with van der Waals surface area (Å²) in [6.45, 7) is 6.76. The van der Waals surface area contributed by atoms with Crippen LogP contribution in [-0.2, 0) is 6.54 Å². The van der Waals surface area contributed by atoms with Crippen molar-refractivity contribution in [2.75, 3.05) is 38.1 Å². The van der Waals surface area contributed by atoms with Crippen LogP contribution in [0.3, 0.4) is 0 Å². The molecule has 1 amide bonds. The largest absolute Gasteiger partial charge is 0.365 e. The molecular formula is C23H27FN6O3. The van der Waals surface area contributed by atoms with E-state index in [1.165, 1.54) is 17.7 Å². The van der Waals surface area contributed by atoms with Gasteiger partial charge < -0.3 is 15.2 Å². The third-order valence-electron chi connectivity index (χ3n) is 6.30. The number of H-pyrrole nitrogens is 1. The number of amides is 1. The zero-order chi connectivity index (χ0) is 23.7. The van der Waals surface area contributed by atoms with Crippen LogP contribution in [0.1, 0.15) is 35.9 Å². The van der Waals surface area contributed by atoms with E-state index in [9.17, 15) is 18.8 Å². The fraction of sp³-hybridized carbons (Fsp3) is 0.391. The molecule has 10 heteroatoms. The van der Waals surface area contributed by atoms with Gasteiger partial charge in [-0.05, 0) is 43.7 Å². The number of halogens is 1. The smallest absolute Gasteiger partial charge is 0.328 e. The molecular weight excluding hydrogens is 427 g/mol. The number of piperazine rings is 1. The number of nitrogens with one attached hydrogen (secondary N) is 2. The first-order valence-electron chi connectivity index (χ1n) is 11.0. The van der Waals surface area contributed by atoms with E-state index in [0.717, 1.165) is 5.56 Å². The van der Waals surface area contributed by atoms with Gasteiger partial charge in [-0.15, -0.1) is 0 Å². The third kappa shape index (κ3) is 4.25. The van der Waals surface area contributed by atoms with Crippen LogP contribution in [0.5, 0.6) is 0 Å². The molecule has 0 aliphatic carbocycles. The van der Waals surface area contributed by atoms with E-state index in [-0.39, 0.29) is 17.3 Å². The zero-order valence-electron chi connectivity index (χ0n) is 18.9. The summed E-state index contributed by atoms with van der Waals surface area (Å²) in [4.78, 5) is 47.1. The average molecular weight is 455 g/mol. The van der Waals surface area contributed by atoms with Gasteiger partial charge in [0.25, 0.3) is 11.5 Å². The summed E-state index contributed by atoms with van der Waals surface area (Å²) in [5.41, 5.74) is 1.25. The van der Waals surface area contributed by atoms with Gasteiger partial charge in [-0.1, -0.05) is 6.07 Å². The Balaban J connectivity index is 1.49. The quantitative estimate of drug-likeness (QED) is 0.566. The molecule has 1 aliphatic rings. The van der Waals surface area contributed by atoms with Crippen LogP contribution >= 0.6 is 0 Å². The fourth-order valence-electron chi connectivity index (χ4n) is 4.30. The summed E-state index contributed by atoms with van der Waals surface area (Å²) in [5, 5.41) is 2.92. The van der Waals surface area contributed by atoms with E-state index < -0.39 is 17.5 Å². The molecule has 1 fully saturated rings. The Labute approximate surface area is 189 Å². The van der Waals surface area contributed by atoms with Gasteiger partial charge in [0, 0.05) is 45.8 Å². The molecule has 0 spiro atoms. The number of hydrogen-bond donors (Lipinski definition) is 2. The van der Waals surface area contributed by atoms with Crippen LogP contribution in [0.25, 0.3) is 10.9 Å². The van der Waals surface area contributed by atoms with E-state index in [1.54, 1.807) is 19.1 Å². The maximum absolute atomic E-state index is 14.5. The molecule has 0 radical (unpaired) electrons. The normalized spacial score (nSPS) is 15.6. The number of rotatable bonds is 5. The molecule has 1 aromatic carbocycles. The Morgan fingerprint density at radius 2 is 1.91 bits per heavy atom. The van der Waals surface area contributed by atoms with E-state index >= 15 is 0 Å². The lowest BCUT2D eigenvalue weighted by Gasteiger charge is -2.39. The first kappa shape index (κ1) is 22.7. The van der Waals surface area contributed by atoms with Gasteiger partial charge in [0.2, 0.25) is 5.95 Å². The average Bonchev–Trinajstić information content (AvgIpc) is 2.83. The molecule has 33 heavy (non-hydrogen) atoms. The number of anilines is 1. The second-order valence-corrected chi connectivity index (χ2v) is 8.07. The van der Waals surface area contributed by atoms with Gasteiger partial charge >= 0.3 is 5.69 Å². The molecule has 2 N–H and O–H groups in total. The molecule has 0 saturated carbocycles. The van der Waals surface area contributed by atoms with Crippen LogP contribution < -0.4 is 21.5 Å². The Hall–Kier alpha value is -3.53.